The Bertz CT molecular complexity index is 776. The van der Waals surface area contributed by atoms with Crippen molar-refractivity contribution < 1.29 is 14.3 Å². The van der Waals surface area contributed by atoms with Gasteiger partial charge in [0.25, 0.3) is 0 Å². The topological polar surface area (TPSA) is 50.2 Å². The number of aromatic nitrogens is 1. The number of fused-ring (bicyclic) bond motifs is 2. The highest BCUT2D eigenvalue weighted by atomic mass is 19.1. The minimum Gasteiger partial charge on any atom is -0.481 e. The number of rotatable bonds is 3. The Hall–Kier alpha value is -1.97. The van der Waals surface area contributed by atoms with Gasteiger partial charge in [0.1, 0.15) is 5.82 Å². The Labute approximate surface area is 140 Å². The largest absolute Gasteiger partial charge is 0.481 e. The third-order valence-electron chi connectivity index (χ3n) is 6.33. The maximum absolute atomic E-state index is 13.7. The lowest BCUT2D eigenvalue weighted by molar-refractivity contribution is -0.142. The Kier molecular flexibility index (Phi) is 3.78. The van der Waals surface area contributed by atoms with Gasteiger partial charge in [-0.3, -0.25) is 9.78 Å². The molecule has 1 aromatic heterocycles. The van der Waals surface area contributed by atoms with Crippen molar-refractivity contribution in [1.82, 2.24) is 4.98 Å². The molecule has 0 bridgehead atoms. The van der Waals surface area contributed by atoms with Crippen molar-refractivity contribution in [2.45, 2.75) is 38.5 Å². The molecule has 3 nitrogen and oxygen atoms in total. The molecule has 2 fully saturated rings. The second-order valence-electron chi connectivity index (χ2n) is 7.61. The van der Waals surface area contributed by atoms with Crippen LogP contribution in [0.2, 0.25) is 0 Å². The maximum Gasteiger partial charge on any atom is 0.306 e. The summed E-state index contributed by atoms with van der Waals surface area (Å²) in [6, 6.07) is 6.83. The van der Waals surface area contributed by atoms with Gasteiger partial charge < -0.3 is 5.11 Å². The van der Waals surface area contributed by atoms with Gasteiger partial charge in [-0.25, -0.2) is 4.39 Å². The predicted molar refractivity (Wildman–Crippen MR) is 90.2 cm³/mol. The summed E-state index contributed by atoms with van der Waals surface area (Å²) in [5.74, 6) is 0.831. The van der Waals surface area contributed by atoms with Gasteiger partial charge in [0.2, 0.25) is 0 Å². The number of aliphatic carboxylic acids is 1. The molecule has 1 aromatic carbocycles. The molecule has 126 valence electrons. The summed E-state index contributed by atoms with van der Waals surface area (Å²) < 4.78 is 13.7. The van der Waals surface area contributed by atoms with Crippen molar-refractivity contribution in [2.75, 3.05) is 0 Å². The Morgan fingerprint density at radius 1 is 1.21 bits per heavy atom. The van der Waals surface area contributed by atoms with E-state index in [2.05, 4.69) is 4.98 Å². The van der Waals surface area contributed by atoms with Crippen molar-refractivity contribution in [3.8, 4) is 0 Å². The lowest BCUT2D eigenvalue weighted by atomic mass is 9.86. The zero-order valence-electron chi connectivity index (χ0n) is 13.8. The van der Waals surface area contributed by atoms with Gasteiger partial charge in [-0.2, -0.15) is 0 Å². The molecule has 0 saturated heterocycles. The van der Waals surface area contributed by atoms with Gasteiger partial charge in [-0.15, -0.1) is 0 Å². The number of benzene rings is 1. The normalized spacial score (nSPS) is 30.4. The molecule has 3 unspecified atom stereocenters. The van der Waals surface area contributed by atoms with Crippen LogP contribution in [0.1, 0.15) is 44.1 Å². The fraction of sp³-hybridized carbons (Fsp3) is 0.500. The third kappa shape index (κ3) is 2.58. The first-order valence-corrected chi connectivity index (χ1v) is 8.80. The van der Waals surface area contributed by atoms with E-state index >= 15 is 0 Å². The van der Waals surface area contributed by atoms with E-state index in [1.54, 1.807) is 12.1 Å². The van der Waals surface area contributed by atoms with E-state index in [1.807, 2.05) is 19.2 Å². The molecule has 5 atom stereocenters. The van der Waals surface area contributed by atoms with Crippen molar-refractivity contribution >= 4 is 16.9 Å². The molecule has 0 spiro atoms. The summed E-state index contributed by atoms with van der Waals surface area (Å²) in [5.41, 5.74) is 2.06. The summed E-state index contributed by atoms with van der Waals surface area (Å²) in [6.45, 7) is 1.84. The first kappa shape index (κ1) is 15.6. The molecule has 0 amide bonds. The van der Waals surface area contributed by atoms with Gasteiger partial charge in [0, 0.05) is 11.6 Å². The highest BCUT2D eigenvalue weighted by molar-refractivity contribution is 5.82. The lowest BCUT2D eigenvalue weighted by Gasteiger charge is -2.19. The monoisotopic (exact) mass is 327 g/mol. The first-order chi connectivity index (χ1) is 11.5. The van der Waals surface area contributed by atoms with Crippen LogP contribution in [0.5, 0.6) is 0 Å². The van der Waals surface area contributed by atoms with E-state index in [0.29, 0.717) is 23.7 Å². The van der Waals surface area contributed by atoms with Gasteiger partial charge >= 0.3 is 5.97 Å². The van der Waals surface area contributed by atoms with E-state index in [-0.39, 0.29) is 11.7 Å². The molecule has 4 heteroatoms. The second-order valence-corrected chi connectivity index (χ2v) is 7.61. The van der Waals surface area contributed by atoms with Crippen LogP contribution in [0.25, 0.3) is 10.9 Å². The number of pyridine rings is 1. The van der Waals surface area contributed by atoms with Crippen LogP contribution in [0.3, 0.4) is 0 Å². The van der Waals surface area contributed by atoms with E-state index < -0.39 is 5.97 Å². The number of hydrogen-bond acceptors (Lipinski definition) is 2. The van der Waals surface area contributed by atoms with Crippen molar-refractivity contribution in [3.05, 3.63) is 41.8 Å². The molecule has 2 aromatic rings. The molecule has 1 heterocycles. The van der Waals surface area contributed by atoms with Gasteiger partial charge in [-0.05, 0) is 79.2 Å². The zero-order chi connectivity index (χ0) is 16.8. The Morgan fingerprint density at radius 2 is 1.92 bits per heavy atom. The molecule has 24 heavy (non-hydrogen) atoms. The van der Waals surface area contributed by atoms with Gasteiger partial charge in [0.15, 0.2) is 0 Å². The number of carboxylic acids is 1. The van der Waals surface area contributed by atoms with E-state index in [1.165, 1.54) is 11.6 Å². The fourth-order valence-corrected chi connectivity index (χ4v) is 5.02. The highest BCUT2D eigenvalue weighted by Gasteiger charge is 2.44. The van der Waals surface area contributed by atoms with Crippen LogP contribution >= 0.6 is 0 Å². The Morgan fingerprint density at radius 3 is 2.58 bits per heavy atom. The summed E-state index contributed by atoms with van der Waals surface area (Å²) in [5, 5.41) is 10.2. The van der Waals surface area contributed by atoms with Crippen molar-refractivity contribution in [1.29, 1.82) is 0 Å². The number of carboxylic acid groups (broad SMARTS) is 1. The van der Waals surface area contributed by atoms with Gasteiger partial charge in [0.05, 0.1) is 11.4 Å². The average molecular weight is 327 g/mol. The molecule has 2 aliphatic carbocycles. The van der Waals surface area contributed by atoms with Crippen LogP contribution in [-0.4, -0.2) is 16.1 Å². The van der Waals surface area contributed by atoms with E-state index in [4.69, 9.17) is 0 Å². The molecule has 2 saturated carbocycles. The average Bonchev–Trinajstić information content (AvgIpc) is 3.12. The predicted octanol–water partition coefficient (Wildman–Crippen LogP) is 4.61. The minimum atomic E-state index is -0.674. The van der Waals surface area contributed by atoms with Gasteiger partial charge in [-0.1, -0.05) is 6.92 Å². The molecule has 0 aliphatic heterocycles. The molecule has 0 radical (unpaired) electrons. The standard InChI is InChI=1S/C20H22FNO2/c1-11(20(23)24)12-6-13-8-15(9-14(13)7-12)17-4-5-22-19-3-2-16(21)10-18(17)19/h2-5,10-15H,6-9H2,1H3,(H,23,24)/t11?,12?,13-,14+,15?. The van der Waals surface area contributed by atoms with Crippen molar-refractivity contribution in [3.63, 3.8) is 0 Å². The fourth-order valence-electron chi connectivity index (χ4n) is 5.02. The van der Waals surface area contributed by atoms with E-state index in [9.17, 15) is 14.3 Å². The SMILES string of the molecule is CC(C(=O)O)C1C[C@H]2CC(c3ccnc4ccc(F)cc34)C[C@H]2C1. The highest BCUT2D eigenvalue weighted by Crippen LogP contribution is 2.54. The lowest BCUT2D eigenvalue weighted by Crippen LogP contribution is -2.19. The van der Waals surface area contributed by atoms with Crippen LogP contribution in [0.4, 0.5) is 4.39 Å². The van der Waals surface area contributed by atoms with E-state index in [0.717, 1.165) is 36.6 Å². The summed E-state index contributed by atoms with van der Waals surface area (Å²) in [6.07, 6.45) is 6.03. The molecule has 4 rings (SSSR count). The molecular weight excluding hydrogens is 305 g/mol. The van der Waals surface area contributed by atoms with Crippen molar-refractivity contribution in [2.24, 2.45) is 23.7 Å². The maximum atomic E-state index is 13.7. The second kappa shape index (κ2) is 5.83. The van der Waals surface area contributed by atoms with Crippen LogP contribution < -0.4 is 0 Å². The molecule has 2 aliphatic rings. The summed E-state index contributed by atoms with van der Waals surface area (Å²) in [4.78, 5) is 15.6. The smallest absolute Gasteiger partial charge is 0.306 e. The molecular formula is C20H22FNO2. The van der Waals surface area contributed by atoms with Crippen LogP contribution in [0, 0.1) is 29.5 Å². The van der Waals surface area contributed by atoms with Crippen LogP contribution in [0.15, 0.2) is 30.5 Å². The quantitative estimate of drug-likeness (QED) is 0.895. The van der Waals surface area contributed by atoms with Crippen LogP contribution in [-0.2, 0) is 4.79 Å². The third-order valence-corrected chi connectivity index (χ3v) is 6.33. The minimum absolute atomic E-state index is 0.217. The number of halogens is 1. The first-order valence-electron chi connectivity index (χ1n) is 8.80. The number of carbonyl (C=O) groups is 1. The number of hydrogen-bond donors (Lipinski definition) is 1. The summed E-state index contributed by atoms with van der Waals surface area (Å²) in [7, 11) is 0. The molecule has 1 N–H and O–H groups in total. The Balaban J connectivity index is 1.56. The zero-order valence-corrected chi connectivity index (χ0v) is 13.8. The summed E-state index contributed by atoms with van der Waals surface area (Å²) >= 11 is 0. The number of nitrogens with zero attached hydrogens (tertiary/aromatic N) is 1.